The first-order valence-electron chi connectivity index (χ1n) is 7.32. The second-order valence-electron chi connectivity index (χ2n) is 5.63. The molecule has 1 saturated carbocycles. The predicted molar refractivity (Wildman–Crippen MR) is 71.3 cm³/mol. The Labute approximate surface area is 106 Å². The van der Waals surface area contributed by atoms with Gasteiger partial charge in [0.15, 0.2) is 0 Å². The van der Waals surface area contributed by atoms with E-state index in [9.17, 15) is 0 Å². The summed E-state index contributed by atoms with van der Waals surface area (Å²) in [5, 5.41) is 3.56. The van der Waals surface area contributed by atoms with Gasteiger partial charge in [-0.25, -0.2) is 0 Å². The molecule has 3 heteroatoms. The Kier molecular flexibility index (Phi) is 5.26. The van der Waals surface area contributed by atoms with Crippen molar-refractivity contribution in [3.8, 4) is 0 Å². The molecule has 17 heavy (non-hydrogen) atoms. The second-order valence-corrected chi connectivity index (χ2v) is 5.63. The Morgan fingerprint density at radius 1 is 1.29 bits per heavy atom. The molecule has 3 unspecified atom stereocenters. The van der Waals surface area contributed by atoms with Gasteiger partial charge in [0.05, 0.1) is 6.10 Å². The molecule has 0 amide bonds. The summed E-state index contributed by atoms with van der Waals surface area (Å²) >= 11 is 0. The topological polar surface area (TPSA) is 24.5 Å². The number of ether oxygens (including phenoxy) is 1. The summed E-state index contributed by atoms with van der Waals surface area (Å²) in [5.41, 5.74) is 0. The number of nitrogens with zero attached hydrogens (tertiary/aromatic N) is 1. The number of hydrogen-bond acceptors (Lipinski definition) is 3. The summed E-state index contributed by atoms with van der Waals surface area (Å²) in [5.74, 6) is 0.861. The summed E-state index contributed by atoms with van der Waals surface area (Å²) in [6.07, 6.45) is 7.05. The molecule has 2 rings (SSSR count). The van der Waals surface area contributed by atoms with Crippen molar-refractivity contribution in [1.82, 2.24) is 10.2 Å². The van der Waals surface area contributed by atoms with Gasteiger partial charge in [0.1, 0.15) is 0 Å². The van der Waals surface area contributed by atoms with Crippen molar-refractivity contribution in [3.63, 3.8) is 0 Å². The van der Waals surface area contributed by atoms with Crippen LogP contribution in [0, 0.1) is 5.92 Å². The number of methoxy groups -OCH3 is 1. The van der Waals surface area contributed by atoms with Crippen molar-refractivity contribution in [1.29, 1.82) is 0 Å². The Bertz CT molecular complexity index is 222. The van der Waals surface area contributed by atoms with E-state index in [1.54, 1.807) is 0 Å². The van der Waals surface area contributed by atoms with Gasteiger partial charge in [-0.05, 0) is 57.7 Å². The van der Waals surface area contributed by atoms with Crippen LogP contribution in [0.1, 0.15) is 39.0 Å². The van der Waals surface area contributed by atoms with Gasteiger partial charge < -0.3 is 10.1 Å². The maximum Gasteiger partial charge on any atom is 0.0726 e. The Balaban J connectivity index is 1.73. The van der Waals surface area contributed by atoms with Gasteiger partial charge in [-0.2, -0.15) is 0 Å². The third-order valence-electron chi connectivity index (χ3n) is 4.37. The van der Waals surface area contributed by atoms with Crippen LogP contribution < -0.4 is 5.32 Å². The molecule has 2 aliphatic rings. The first-order chi connectivity index (χ1) is 8.35. The minimum absolute atomic E-state index is 0.498. The van der Waals surface area contributed by atoms with Crippen LogP contribution in [0.2, 0.25) is 0 Å². The largest absolute Gasteiger partial charge is 0.380 e. The van der Waals surface area contributed by atoms with Gasteiger partial charge in [0.2, 0.25) is 0 Å². The lowest BCUT2D eigenvalue weighted by Crippen LogP contribution is -2.40. The summed E-state index contributed by atoms with van der Waals surface area (Å²) in [6, 6.07) is 0.705. The van der Waals surface area contributed by atoms with Crippen LogP contribution in [0.25, 0.3) is 0 Å². The lowest BCUT2D eigenvalue weighted by Gasteiger charge is -2.28. The molecule has 1 aliphatic heterocycles. The van der Waals surface area contributed by atoms with Crippen LogP contribution in [-0.2, 0) is 4.74 Å². The van der Waals surface area contributed by atoms with Crippen molar-refractivity contribution >= 4 is 0 Å². The molecule has 1 heterocycles. The van der Waals surface area contributed by atoms with E-state index in [1.165, 1.54) is 58.3 Å². The highest BCUT2D eigenvalue weighted by molar-refractivity contribution is 4.90. The molecule has 1 N–H and O–H groups in total. The Hall–Kier alpha value is -0.120. The molecule has 0 bridgehead atoms. The molecule has 0 radical (unpaired) electrons. The van der Waals surface area contributed by atoms with Gasteiger partial charge in [-0.15, -0.1) is 0 Å². The Morgan fingerprint density at radius 2 is 2.18 bits per heavy atom. The SMILES string of the molecule is CCCNCC1CCN(C2CCCC2OC)C1. The second kappa shape index (κ2) is 6.72. The fourth-order valence-electron chi connectivity index (χ4n) is 3.41. The molecule has 1 saturated heterocycles. The zero-order valence-corrected chi connectivity index (χ0v) is 11.5. The van der Waals surface area contributed by atoms with E-state index in [0.29, 0.717) is 12.1 Å². The van der Waals surface area contributed by atoms with Gasteiger partial charge >= 0.3 is 0 Å². The van der Waals surface area contributed by atoms with E-state index < -0.39 is 0 Å². The molecular weight excluding hydrogens is 212 g/mol. The first-order valence-corrected chi connectivity index (χ1v) is 7.32. The average molecular weight is 240 g/mol. The van der Waals surface area contributed by atoms with Gasteiger partial charge in [0.25, 0.3) is 0 Å². The number of nitrogens with one attached hydrogen (secondary N) is 1. The van der Waals surface area contributed by atoms with E-state index in [2.05, 4.69) is 17.1 Å². The summed E-state index contributed by atoms with van der Waals surface area (Å²) in [6.45, 7) is 7.16. The van der Waals surface area contributed by atoms with Gasteiger partial charge in [-0.1, -0.05) is 6.92 Å². The molecule has 3 atom stereocenters. The minimum atomic E-state index is 0.498. The Morgan fingerprint density at radius 3 is 2.94 bits per heavy atom. The van der Waals surface area contributed by atoms with E-state index in [1.807, 2.05) is 7.11 Å². The van der Waals surface area contributed by atoms with Crippen LogP contribution in [0.5, 0.6) is 0 Å². The normalized spacial score (nSPS) is 34.6. The molecular formula is C14H28N2O. The van der Waals surface area contributed by atoms with Crippen LogP contribution in [0.4, 0.5) is 0 Å². The quantitative estimate of drug-likeness (QED) is 0.717. The van der Waals surface area contributed by atoms with E-state index in [0.717, 1.165) is 5.92 Å². The van der Waals surface area contributed by atoms with Crippen molar-refractivity contribution in [2.24, 2.45) is 5.92 Å². The smallest absolute Gasteiger partial charge is 0.0726 e. The fraction of sp³-hybridized carbons (Fsp3) is 1.00. The first kappa shape index (κ1) is 13.3. The standard InChI is InChI=1S/C14H28N2O/c1-3-8-15-10-12-7-9-16(11-12)13-5-4-6-14(13)17-2/h12-15H,3-11H2,1-2H3. The monoisotopic (exact) mass is 240 g/mol. The van der Waals surface area contributed by atoms with Gasteiger partial charge in [0, 0.05) is 19.7 Å². The average Bonchev–Trinajstić information content (AvgIpc) is 2.96. The van der Waals surface area contributed by atoms with Crippen molar-refractivity contribution in [3.05, 3.63) is 0 Å². The maximum absolute atomic E-state index is 5.61. The van der Waals surface area contributed by atoms with Crippen molar-refractivity contribution < 1.29 is 4.74 Å². The van der Waals surface area contributed by atoms with Crippen molar-refractivity contribution in [2.75, 3.05) is 33.3 Å². The third-order valence-corrected chi connectivity index (χ3v) is 4.37. The number of hydrogen-bond donors (Lipinski definition) is 1. The lowest BCUT2D eigenvalue weighted by atomic mass is 10.1. The molecule has 2 fully saturated rings. The summed E-state index contributed by atoms with van der Waals surface area (Å²) in [4.78, 5) is 2.68. The molecule has 0 aromatic heterocycles. The molecule has 0 aromatic carbocycles. The van der Waals surface area contributed by atoms with E-state index in [4.69, 9.17) is 4.74 Å². The molecule has 0 spiro atoms. The van der Waals surface area contributed by atoms with Crippen LogP contribution in [-0.4, -0.2) is 50.3 Å². The summed E-state index contributed by atoms with van der Waals surface area (Å²) < 4.78 is 5.61. The van der Waals surface area contributed by atoms with Crippen molar-refractivity contribution in [2.45, 2.75) is 51.2 Å². The zero-order valence-electron chi connectivity index (χ0n) is 11.5. The van der Waals surface area contributed by atoms with Gasteiger partial charge in [-0.3, -0.25) is 4.90 Å². The van der Waals surface area contributed by atoms with E-state index in [-0.39, 0.29) is 0 Å². The molecule has 100 valence electrons. The van der Waals surface area contributed by atoms with Crippen LogP contribution >= 0.6 is 0 Å². The number of rotatable bonds is 6. The van der Waals surface area contributed by atoms with Crippen LogP contribution in [0.15, 0.2) is 0 Å². The molecule has 0 aromatic rings. The van der Waals surface area contributed by atoms with Crippen LogP contribution in [0.3, 0.4) is 0 Å². The highest BCUT2D eigenvalue weighted by Gasteiger charge is 2.35. The fourth-order valence-corrected chi connectivity index (χ4v) is 3.41. The lowest BCUT2D eigenvalue weighted by molar-refractivity contribution is 0.0409. The van der Waals surface area contributed by atoms with E-state index >= 15 is 0 Å². The zero-order chi connectivity index (χ0) is 12.1. The molecule has 1 aliphatic carbocycles. The highest BCUT2D eigenvalue weighted by atomic mass is 16.5. The third kappa shape index (κ3) is 3.43. The number of likely N-dealkylation sites (tertiary alicyclic amines) is 1. The highest BCUT2D eigenvalue weighted by Crippen LogP contribution is 2.30. The summed E-state index contributed by atoms with van der Waals surface area (Å²) in [7, 11) is 1.87. The predicted octanol–water partition coefficient (Wildman–Crippen LogP) is 1.88. The molecule has 3 nitrogen and oxygen atoms in total. The minimum Gasteiger partial charge on any atom is -0.380 e. The maximum atomic E-state index is 5.61.